The number of hydrogen-bond acceptors (Lipinski definition) is 3. The monoisotopic (exact) mass is 215 g/mol. The van der Waals surface area contributed by atoms with Crippen molar-refractivity contribution in [1.29, 1.82) is 0 Å². The Hall–Kier alpha value is 0.160. The van der Waals surface area contributed by atoms with Gasteiger partial charge in [0, 0.05) is 19.0 Å². The molecule has 4 nitrogen and oxygen atoms in total. The summed E-state index contributed by atoms with van der Waals surface area (Å²) in [5.41, 5.74) is 0. The second-order valence-corrected chi connectivity index (χ2v) is 4.40. The predicted molar refractivity (Wildman–Crippen MR) is 49.0 cm³/mol. The van der Waals surface area contributed by atoms with Crippen molar-refractivity contribution in [2.75, 3.05) is 31.4 Å². The lowest BCUT2D eigenvalue weighted by molar-refractivity contribution is 0.153. The van der Waals surface area contributed by atoms with Crippen LogP contribution in [0.2, 0.25) is 0 Å². The fraction of sp³-hybridized carbons (Fsp3) is 1.00. The summed E-state index contributed by atoms with van der Waals surface area (Å²) in [5, 5.41) is 0. The number of hydrogen-bond donors (Lipinski definition) is 1. The fourth-order valence-electron chi connectivity index (χ4n) is 0.587. The second-order valence-electron chi connectivity index (χ2n) is 2.10. The van der Waals surface area contributed by atoms with E-state index in [1.807, 2.05) is 6.92 Å². The van der Waals surface area contributed by atoms with Gasteiger partial charge in [-0.3, -0.25) is 0 Å². The van der Waals surface area contributed by atoms with Gasteiger partial charge >= 0.3 is 0 Å². The molecule has 6 heteroatoms. The molecule has 12 heavy (non-hydrogen) atoms. The lowest BCUT2D eigenvalue weighted by Crippen LogP contribution is -2.30. The third-order valence-corrected chi connectivity index (χ3v) is 2.92. The molecule has 0 saturated heterocycles. The van der Waals surface area contributed by atoms with Gasteiger partial charge in [-0.2, -0.15) is 0 Å². The van der Waals surface area contributed by atoms with E-state index >= 15 is 0 Å². The summed E-state index contributed by atoms with van der Waals surface area (Å²) in [6.45, 7) is 3.16. The van der Waals surface area contributed by atoms with E-state index < -0.39 is 10.0 Å². The first kappa shape index (κ1) is 12.2. The molecule has 0 aliphatic carbocycles. The quantitative estimate of drug-likeness (QED) is 0.487. The zero-order valence-corrected chi connectivity index (χ0v) is 8.62. The Labute approximate surface area is 78.3 Å². The topological polar surface area (TPSA) is 55.4 Å². The van der Waals surface area contributed by atoms with Gasteiger partial charge in [-0.15, -0.1) is 11.6 Å². The van der Waals surface area contributed by atoms with E-state index in [-0.39, 0.29) is 11.6 Å². The second kappa shape index (κ2) is 6.65. The minimum atomic E-state index is -3.17. The highest BCUT2D eigenvalue weighted by atomic mass is 35.5. The summed E-state index contributed by atoms with van der Waals surface area (Å²) < 4.78 is 29.2. The van der Waals surface area contributed by atoms with Crippen molar-refractivity contribution in [3.8, 4) is 0 Å². The van der Waals surface area contributed by atoms with Gasteiger partial charge in [0.1, 0.15) is 0 Å². The molecule has 0 aliphatic rings. The molecule has 0 rings (SSSR count). The maximum absolute atomic E-state index is 10.9. The SMILES string of the molecule is CCOCCNS(=O)(=O)CCCl. The van der Waals surface area contributed by atoms with Gasteiger partial charge in [-0.1, -0.05) is 0 Å². The molecule has 0 radical (unpaired) electrons. The largest absolute Gasteiger partial charge is 0.380 e. The fourth-order valence-corrected chi connectivity index (χ4v) is 1.94. The van der Waals surface area contributed by atoms with Crippen LogP contribution in [0.4, 0.5) is 0 Å². The van der Waals surface area contributed by atoms with Crippen molar-refractivity contribution in [1.82, 2.24) is 4.72 Å². The number of alkyl halides is 1. The summed E-state index contributed by atoms with van der Waals surface area (Å²) in [6, 6.07) is 0. The number of ether oxygens (including phenoxy) is 1. The first-order valence-corrected chi connectivity index (χ1v) is 5.92. The van der Waals surface area contributed by atoms with Gasteiger partial charge in [-0.25, -0.2) is 13.1 Å². The van der Waals surface area contributed by atoms with E-state index in [0.717, 1.165) is 0 Å². The van der Waals surface area contributed by atoms with Gasteiger partial charge in [-0.05, 0) is 6.92 Å². The molecule has 0 atom stereocenters. The smallest absolute Gasteiger partial charge is 0.212 e. The zero-order valence-electron chi connectivity index (χ0n) is 7.05. The standard InChI is InChI=1S/C6H14ClNO3S/c1-2-11-5-4-8-12(9,10)6-3-7/h8H,2-6H2,1H3. The van der Waals surface area contributed by atoms with E-state index in [1.54, 1.807) is 0 Å². The van der Waals surface area contributed by atoms with Crippen LogP contribution in [0.3, 0.4) is 0 Å². The van der Waals surface area contributed by atoms with Gasteiger partial charge in [0.05, 0.1) is 12.4 Å². The van der Waals surface area contributed by atoms with Crippen molar-refractivity contribution < 1.29 is 13.2 Å². The van der Waals surface area contributed by atoms with Crippen LogP contribution in [0.1, 0.15) is 6.92 Å². The molecule has 0 unspecified atom stereocenters. The van der Waals surface area contributed by atoms with Crippen LogP contribution in [0.25, 0.3) is 0 Å². The minimum Gasteiger partial charge on any atom is -0.380 e. The third kappa shape index (κ3) is 6.84. The summed E-state index contributed by atoms with van der Waals surface area (Å²) in [7, 11) is -3.17. The van der Waals surface area contributed by atoms with Crippen LogP contribution in [0.15, 0.2) is 0 Å². The van der Waals surface area contributed by atoms with Crippen LogP contribution >= 0.6 is 11.6 Å². The highest BCUT2D eigenvalue weighted by molar-refractivity contribution is 7.89. The molecule has 0 amide bonds. The molecular formula is C6H14ClNO3S. The summed E-state index contributed by atoms with van der Waals surface area (Å²) >= 11 is 5.28. The number of halogens is 1. The van der Waals surface area contributed by atoms with Crippen molar-refractivity contribution in [3.63, 3.8) is 0 Å². The first-order chi connectivity index (χ1) is 5.62. The molecule has 0 spiro atoms. The van der Waals surface area contributed by atoms with Crippen molar-refractivity contribution in [2.45, 2.75) is 6.92 Å². The lowest BCUT2D eigenvalue weighted by Gasteiger charge is -2.04. The first-order valence-electron chi connectivity index (χ1n) is 3.73. The molecular weight excluding hydrogens is 202 g/mol. The molecule has 0 aromatic rings. The molecule has 0 saturated carbocycles. The number of nitrogens with one attached hydrogen (secondary N) is 1. The van der Waals surface area contributed by atoms with Crippen LogP contribution < -0.4 is 4.72 Å². The molecule has 74 valence electrons. The normalized spacial score (nSPS) is 11.8. The van der Waals surface area contributed by atoms with Gasteiger partial charge < -0.3 is 4.74 Å². The van der Waals surface area contributed by atoms with Crippen molar-refractivity contribution >= 4 is 21.6 Å². The third-order valence-electron chi connectivity index (χ3n) is 1.12. The van der Waals surface area contributed by atoms with Crippen LogP contribution in [0, 0.1) is 0 Å². The van der Waals surface area contributed by atoms with Crippen LogP contribution in [-0.4, -0.2) is 39.8 Å². The minimum absolute atomic E-state index is 0.0410. The van der Waals surface area contributed by atoms with E-state index in [1.165, 1.54) is 0 Å². The number of rotatable bonds is 7. The zero-order chi connectivity index (χ0) is 9.45. The summed E-state index contributed by atoms with van der Waals surface area (Å²) in [4.78, 5) is 0. The summed E-state index contributed by atoms with van der Waals surface area (Å²) in [6.07, 6.45) is 0. The Kier molecular flexibility index (Phi) is 6.74. The highest BCUT2D eigenvalue weighted by Crippen LogP contribution is 1.86. The Bertz CT molecular complexity index is 193. The van der Waals surface area contributed by atoms with E-state index in [9.17, 15) is 8.42 Å². The Morgan fingerprint density at radius 1 is 1.50 bits per heavy atom. The maximum Gasteiger partial charge on any atom is 0.212 e. The maximum atomic E-state index is 10.9. The van der Waals surface area contributed by atoms with Gasteiger partial charge in [0.15, 0.2) is 0 Å². The Balaban J connectivity index is 3.48. The van der Waals surface area contributed by atoms with Crippen LogP contribution in [0.5, 0.6) is 0 Å². The highest BCUT2D eigenvalue weighted by Gasteiger charge is 2.06. The van der Waals surface area contributed by atoms with Crippen molar-refractivity contribution in [2.24, 2.45) is 0 Å². The molecule has 0 aromatic heterocycles. The van der Waals surface area contributed by atoms with E-state index in [0.29, 0.717) is 19.8 Å². The Morgan fingerprint density at radius 2 is 2.17 bits per heavy atom. The molecule has 0 heterocycles. The summed E-state index contributed by atoms with van der Waals surface area (Å²) in [5.74, 6) is 0.0741. The van der Waals surface area contributed by atoms with Gasteiger partial charge in [0.25, 0.3) is 0 Å². The predicted octanol–water partition coefficient (Wildman–Crippen LogP) is 0.181. The molecule has 0 aromatic carbocycles. The number of sulfonamides is 1. The molecule has 0 fully saturated rings. The van der Waals surface area contributed by atoms with E-state index in [2.05, 4.69) is 4.72 Å². The molecule has 0 bridgehead atoms. The van der Waals surface area contributed by atoms with Gasteiger partial charge in [0.2, 0.25) is 10.0 Å². The van der Waals surface area contributed by atoms with Crippen LogP contribution in [-0.2, 0) is 14.8 Å². The van der Waals surface area contributed by atoms with Crippen molar-refractivity contribution in [3.05, 3.63) is 0 Å². The average molecular weight is 216 g/mol. The lowest BCUT2D eigenvalue weighted by atomic mass is 10.7. The molecule has 0 aliphatic heterocycles. The average Bonchev–Trinajstić information content (AvgIpc) is 1.98. The van der Waals surface area contributed by atoms with E-state index in [4.69, 9.17) is 16.3 Å². The Morgan fingerprint density at radius 3 is 2.67 bits per heavy atom. The molecule has 1 N–H and O–H groups in total.